The molecular weight excluding hydrogens is 363 g/mol. The van der Waals surface area contributed by atoms with Crippen LogP contribution in [0.5, 0.6) is 0 Å². The first-order valence-electron chi connectivity index (χ1n) is 0.730. The van der Waals surface area contributed by atoms with E-state index in [2.05, 4.69) is 0 Å². The van der Waals surface area contributed by atoms with Gasteiger partial charge in [0, 0.05) is 33.8 Å². The summed E-state index contributed by atoms with van der Waals surface area (Å²) in [6.45, 7) is 0. The topological polar surface area (TPSA) is 80.9 Å². The average Bonchev–Trinajstić information content (AvgIpc) is 0.722. The van der Waals surface area contributed by atoms with E-state index in [1.54, 1.807) is 0 Å². The minimum absolute atomic E-state index is 0. The van der Waals surface area contributed by atoms with Gasteiger partial charge in [0.1, 0.15) is 0 Å². The molecule has 0 aromatic heterocycles. The van der Waals surface area contributed by atoms with Crippen molar-refractivity contribution in [3.63, 3.8) is 0 Å². The predicted octanol–water partition coefficient (Wildman–Crippen LogP) is -2.24. The third-order valence-electron chi connectivity index (χ3n) is 0. The molecule has 0 heterocycles. The van der Waals surface area contributed by atoms with Gasteiger partial charge in [-0.15, -0.1) is 0 Å². The fourth-order valence-electron chi connectivity index (χ4n) is 0. The first-order valence-corrected chi connectivity index (χ1v) is 5.98. The third kappa shape index (κ3) is 96.5. The fourth-order valence-corrected chi connectivity index (χ4v) is 0. The third-order valence-corrected chi connectivity index (χ3v) is 0. The van der Waals surface area contributed by atoms with Crippen LogP contribution in [0.25, 0.3) is 0 Å². The van der Waals surface area contributed by atoms with E-state index in [1.807, 2.05) is 0 Å². The van der Waals surface area contributed by atoms with Crippen molar-refractivity contribution in [1.82, 2.24) is 0 Å². The first kappa shape index (κ1) is 15.8. The van der Waals surface area contributed by atoms with E-state index in [9.17, 15) is 0 Å². The summed E-state index contributed by atoms with van der Waals surface area (Å²) in [5, 5.41) is 0. The molecule has 0 aromatic rings. The summed E-state index contributed by atoms with van der Waals surface area (Å²) in [6.07, 6.45) is 0. The van der Waals surface area contributed by atoms with Crippen LogP contribution in [-0.4, -0.2) is 15.0 Å². The summed E-state index contributed by atoms with van der Waals surface area (Å²) in [4.78, 5) is 0. The van der Waals surface area contributed by atoms with Gasteiger partial charge in [-0.1, -0.05) is 0 Å². The van der Waals surface area contributed by atoms with E-state index < -0.39 is 17.6 Å². The van der Waals surface area contributed by atoms with E-state index in [1.165, 1.54) is 0 Å². The molecule has 7 heavy (non-hydrogen) atoms. The van der Waals surface area contributed by atoms with Crippen LogP contribution >= 0.6 is 0 Å². The van der Waals surface area contributed by atoms with Crippen LogP contribution in [0.2, 0.25) is 0 Å². The Hall–Kier alpha value is 1.55. The Morgan fingerprint density at radius 1 is 0.857 bits per heavy atom. The zero-order valence-electron chi connectivity index (χ0n) is 2.88. The van der Waals surface area contributed by atoms with E-state index in [4.69, 9.17) is 15.0 Å². The average molecular weight is 367 g/mol. The summed E-state index contributed by atoms with van der Waals surface area (Å²) in [5.74, 6) is 0. The molecule has 0 atom stereocenters. The summed E-state index contributed by atoms with van der Waals surface area (Å²) in [5.41, 5.74) is 0. The molecule has 0 aliphatic carbocycles. The maximum absolute atomic E-state index is 7.40. The molecule has 0 bridgehead atoms. The van der Waals surface area contributed by atoms with Crippen molar-refractivity contribution in [2.75, 3.05) is 0 Å². The molecule has 1 radical (unpaired) electrons. The molecule has 0 aliphatic heterocycles. The van der Waals surface area contributed by atoms with Crippen molar-refractivity contribution >= 4 is 0 Å². The molecule has 0 saturated heterocycles. The van der Waals surface area contributed by atoms with Crippen LogP contribution in [-0.2, 0) is 51.4 Å². The Morgan fingerprint density at radius 2 is 0.857 bits per heavy atom. The summed E-state index contributed by atoms with van der Waals surface area (Å²) >= 11 is -5.17. The van der Waals surface area contributed by atoms with E-state index >= 15 is 0 Å². The van der Waals surface area contributed by atoms with Gasteiger partial charge in [-0.25, -0.2) is 0 Å². The molecule has 0 spiro atoms. The second kappa shape index (κ2) is 5.69. The minimum atomic E-state index is -5.17. The molecular formula is H4CoFeO4W. The van der Waals surface area contributed by atoms with Crippen LogP contribution < -0.4 is 0 Å². The predicted molar refractivity (Wildman–Crippen MR) is 8.88 cm³/mol. The van der Waals surface area contributed by atoms with Crippen LogP contribution in [0.4, 0.5) is 0 Å². The SMILES string of the molecule is [Co].[Fe].[OH][W]([OH])([OH])[OH]. The molecule has 0 fully saturated rings. The Morgan fingerprint density at radius 3 is 0.857 bits per heavy atom. The summed E-state index contributed by atoms with van der Waals surface area (Å²) < 4.78 is 29.6. The van der Waals surface area contributed by atoms with Crippen LogP contribution in [0.3, 0.4) is 0 Å². The summed E-state index contributed by atoms with van der Waals surface area (Å²) in [7, 11) is 0. The molecule has 0 aromatic carbocycles. The van der Waals surface area contributed by atoms with E-state index in [0.29, 0.717) is 0 Å². The van der Waals surface area contributed by atoms with Gasteiger partial charge in [-0.2, -0.15) is 0 Å². The molecule has 0 saturated carbocycles. The molecule has 0 rings (SSSR count). The number of hydrogen-bond acceptors (Lipinski definition) is 4. The van der Waals surface area contributed by atoms with E-state index in [-0.39, 0.29) is 33.8 Å². The molecule has 0 amide bonds. The van der Waals surface area contributed by atoms with Crippen molar-refractivity contribution in [2.24, 2.45) is 0 Å². The van der Waals surface area contributed by atoms with Gasteiger partial charge in [0.15, 0.2) is 0 Å². The van der Waals surface area contributed by atoms with Crippen molar-refractivity contribution in [2.45, 2.75) is 0 Å². The fraction of sp³-hybridized carbons (Fsp3) is 0. The monoisotopic (exact) mass is 367 g/mol. The maximum atomic E-state index is 7.40. The quantitative estimate of drug-likeness (QED) is 0.366. The second-order valence-corrected chi connectivity index (χ2v) is 4.01. The van der Waals surface area contributed by atoms with E-state index in [0.717, 1.165) is 0 Å². The van der Waals surface area contributed by atoms with Gasteiger partial charge in [0.25, 0.3) is 0 Å². The Bertz CT molecular complexity index is 27.2. The number of hydrogen-bond donors (Lipinski definition) is 4. The van der Waals surface area contributed by atoms with Crippen molar-refractivity contribution in [1.29, 1.82) is 0 Å². The molecule has 0 aliphatic rings. The molecule has 51 valence electrons. The Labute approximate surface area is 66.2 Å². The van der Waals surface area contributed by atoms with Gasteiger partial charge < -0.3 is 0 Å². The molecule has 4 nitrogen and oxygen atoms in total. The zero-order valence-corrected chi connectivity index (χ0v) is 7.96. The Balaban J connectivity index is -0.0000000800. The van der Waals surface area contributed by atoms with Crippen LogP contribution in [0.15, 0.2) is 0 Å². The van der Waals surface area contributed by atoms with Crippen LogP contribution in [0, 0.1) is 0 Å². The standard InChI is InChI=1S/Co.Fe.4H2O.W/h;;4*1H2;/q;;;;;;+4/p-4. The first-order chi connectivity index (χ1) is 2.00. The van der Waals surface area contributed by atoms with Crippen LogP contribution in [0.1, 0.15) is 0 Å². The van der Waals surface area contributed by atoms with Gasteiger partial charge in [-0.3, -0.25) is 0 Å². The molecule has 7 heteroatoms. The molecule has 0 unspecified atom stereocenters. The summed E-state index contributed by atoms with van der Waals surface area (Å²) in [6, 6.07) is 0. The Kier molecular flexibility index (Phi) is 12.9. The second-order valence-electron chi connectivity index (χ2n) is 0.490. The van der Waals surface area contributed by atoms with Gasteiger partial charge in [-0.05, 0) is 0 Å². The zero-order chi connectivity index (χ0) is 4.50. The normalized spacial score (nSPS) is 10.9. The van der Waals surface area contributed by atoms with Crippen molar-refractivity contribution in [3.8, 4) is 0 Å². The van der Waals surface area contributed by atoms with Gasteiger partial charge in [0.05, 0.1) is 0 Å². The number of rotatable bonds is 0. The van der Waals surface area contributed by atoms with Crippen molar-refractivity contribution < 1.29 is 66.5 Å². The van der Waals surface area contributed by atoms with Gasteiger partial charge in [0.2, 0.25) is 0 Å². The molecule has 4 N–H and O–H groups in total. The van der Waals surface area contributed by atoms with Crippen molar-refractivity contribution in [3.05, 3.63) is 0 Å². The van der Waals surface area contributed by atoms with Gasteiger partial charge >= 0.3 is 32.6 Å².